The van der Waals surface area contributed by atoms with E-state index < -0.39 is 5.97 Å². The van der Waals surface area contributed by atoms with Gasteiger partial charge in [0.1, 0.15) is 16.7 Å². The van der Waals surface area contributed by atoms with E-state index in [0.29, 0.717) is 24.6 Å². The average Bonchev–Trinajstić information content (AvgIpc) is 2.94. The number of rotatable bonds is 4. The zero-order chi connectivity index (χ0) is 18.8. The van der Waals surface area contributed by atoms with Crippen LogP contribution in [0.15, 0.2) is 22.7 Å². The maximum Gasteiger partial charge on any atom is 0.335 e. The van der Waals surface area contributed by atoms with Crippen LogP contribution in [0, 0.1) is 6.92 Å². The van der Waals surface area contributed by atoms with Crippen LogP contribution < -0.4 is 10.2 Å². The molecule has 0 aliphatic carbocycles. The number of nitrogens with zero attached hydrogens (tertiary/aromatic N) is 2. The molecule has 2 aromatic rings. The molecule has 7 nitrogen and oxygen atoms in total. The number of aromatic amines is 1. The molecule has 0 saturated carbocycles. The topological polar surface area (TPSA) is 98.3 Å². The van der Waals surface area contributed by atoms with Gasteiger partial charge >= 0.3 is 5.97 Å². The average molecular weight is 442 g/mol. The molecule has 1 aliphatic rings. The van der Waals surface area contributed by atoms with Crippen molar-refractivity contribution in [3.05, 3.63) is 44.8 Å². The van der Waals surface area contributed by atoms with Crippen molar-refractivity contribution < 1.29 is 14.7 Å². The first-order chi connectivity index (χ1) is 12.3. The quantitative estimate of drug-likeness (QED) is 0.633. The maximum absolute atomic E-state index is 12.3. The van der Waals surface area contributed by atoms with Crippen LogP contribution in [0.3, 0.4) is 0 Å². The van der Waals surface area contributed by atoms with Crippen molar-refractivity contribution in [2.75, 3.05) is 18.0 Å². The van der Waals surface area contributed by atoms with Crippen LogP contribution in [0.5, 0.6) is 0 Å². The van der Waals surface area contributed by atoms with Crippen molar-refractivity contribution in [3.63, 3.8) is 0 Å². The number of nitrogens with one attached hydrogen (secondary N) is 2. The van der Waals surface area contributed by atoms with Crippen molar-refractivity contribution in [1.29, 1.82) is 0 Å². The molecule has 0 aromatic carbocycles. The predicted molar refractivity (Wildman–Crippen MR) is 102 cm³/mol. The van der Waals surface area contributed by atoms with Gasteiger partial charge in [-0.1, -0.05) is 11.6 Å². The Bertz CT molecular complexity index is 827. The highest BCUT2D eigenvalue weighted by molar-refractivity contribution is 9.10. The van der Waals surface area contributed by atoms with Gasteiger partial charge in [0, 0.05) is 29.3 Å². The molecule has 0 unspecified atom stereocenters. The first kappa shape index (κ1) is 18.7. The molecule has 1 aliphatic heterocycles. The third-order valence-corrected chi connectivity index (χ3v) is 5.40. The Morgan fingerprint density at radius 1 is 1.35 bits per heavy atom. The van der Waals surface area contributed by atoms with Crippen LogP contribution in [0.25, 0.3) is 0 Å². The lowest BCUT2D eigenvalue weighted by Gasteiger charge is -2.33. The minimum atomic E-state index is -1.04. The molecule has 0 spiro atoms. The molecule has 3 N–H and O–H groups in total. The van der Waals surface area contributed by atoms with Crippen LogP contribution >= 0.6 is 27.5 Å². The molecule has 3 heterocycles. The number of carboxylic acids is 1. The number of hydrogen-bond donors (Lipinski definition) is 3. The maximum atomic E-state index is 12.3. The van der Waals surface area contributed by atoms with Gasteiger partial charge < -0.3 is 20.3 Å². The van der Waals surface area contributed by atoms with E-state index in [1.54, 1.807) is 6.07 Å². The summed E-state index contributed by atoms with van der Waals surface area (Å²) in [7, 11) is 0. The zero-order valence-corrected chi connectivity index (χ0v) is 16.4. The van der Waals surface area contributed by atoms with Gasteiger partial charge in [0.2, 0.25) is 0 Å². The van der Waals surface area contributed by atoms with E-state index in [1.807, 2.05) is 11.8 Å². The molecule has 0 atom stereocenters. The monoisotopic (exact) mass is 440 g/mol. The first-order valence-electron chi connectivity index (χ1n) is 8.15. The minimum absolute atomic E-state index is 0.0549. The van der Waals surface area contributed by atoms with Crippen LogP contribution in [0.1, 0.15) is 39.4 Å². The Morgan fingerprint density at radius 2 is 2.04 bits per heavy atom. The molecule has 9 heteroatoms. The molecule has 26 heavy (non-hydrogen) atoms. The van der Waals surface area contributed by atoms with Crippen LogP contribution in [0.4, 0.5) is 5.82 Å². The lowest BCUT2D eigenvalue weighted by Crippen LogP contribution is -2.45. The second kappa shape index (κ2) is 7.67. The number of anilines is 1. The Hall–Kier alpha value is -2.06. The highest BCUT2D eigenvalue weighted by Crippen LogP contribution is 2.23. The smallest absolute Gasteiger partial charge is 0.335 e. The van der Waals surface area contributed by atoms with Gasteiger partial charge in [0.25, 0.3) is 5.91 Å². The molecular weight excluding hydrogens is 424 g/mol. The summed E-state index contributed by atoms with van der Waals surface area (Å²) in [6, 6.07) is 4.67. The van der Waals surface area contributed by atoms with Crippen LogP contribution in [0.2, 0.25) is 5.15 Å². The molecule has 1 saturated heterocycles. The second-order valence-corrected chi connectivity index (χ2v) is 7.47. The first-order valence-corrected chi connectivity index (χ1v) is 9.32. The Balaban J connectivity index is 1.61. The highest BCUT2D eigenvalue weighted by Gasteiger charge is 2.23. The van der Waals surface area contributed by atoms with Gasteiger partial charge in [-0.3, -0.25) is 4.79 Å². The number of aryl methyl sites for hydroxylation is 1. The summed E-state index contributed by atoms with van der Waals surface area (Å²) in [4.78, 5) is 32.7. The van der Waals surface area contributed by atoms with Crippen molar-refractivity contribution >= 4 is 45.2 Å². The number of carbonyl (C=O) groups excluding carboxylic acids is 1. The molecule has 2 aromatic heterocycles. The fourth-order valence-electron chi connectivity index (χ4n) is 2.94. The summed E-state index contributed by atoms with van der Waals surface area (Å²) in [6.45, 7) is 3.21. The van der Waals surface area contributed by atoms with E-state index in [2.05, 4.69) is 31.2 Å². The summed E-state index contributed by atoms with van der Waals surface area (Å²) < 4.78 is 0.874. The molecule has 3 rings (SSSR count). The normalized spacial score (nSPS) is 15.1. The number of piperidine rings is 1. The lowest BCUT2D eigenvalue weighted by atomic mass is 10.0. The number of pyridine rings is 1. The van der Waals surface area contributed by atoms with E-state index in [4.69, 9.17) is 16.7 Å². The molecule has 1 fully saturated rings. The molecule has 0 radical (unpaired) electrons. The fourth-order valence-corrected chi connectivity index (χ4v) is 3.47. The summed E-state index contributed by atoms with van der Waals surface area (Å²) >= 11 is 9.32. The number of carbonyl (C=O) groups is 2. The number of carboxylic acid groups (broad SMARTS) is 1. The van der Waals surface area contributed by atoms with Crippen molar-refractivity contribution in [3.8, 4) is 0 Å². The number of aromatic nitrogens is 2. The Morgan fingerprint density at radius 3 is 2.62 bits per heavy atom. The van der Waals surface area contributed by atoms with Gasteiger partial charge in [0.05, 0.1) is 5.56 Å². The Kier molecular flexibility index (Phi) is 5.52. The van der Waals surface area contributed by atoms with E-state index in [9.17, 15) is 9.59 Å². The predicted octanol–water partition coefficient (Wildman–Crippen LogP) is 3.23. The second-order valence-electron chi connectivity index (χ2n) is 6.23. The molecule has 1 amide bonds. The number of aromatic carboxylic acids is 1. The molecule has 138 valence electrons. The van der Waals surface area contributed by atoms with Gasteiger partial charge in [-0.2, -0.15) is 0 Å². The number of amides is 1. The van der Waals surface area contributed by atoms with Gasteiger partial charge in [-0.05, 0) is 53.9 Å². The van der Waals surface area contributed by atoms with E-state index in [0.717, 1.165) is 23.0 Å². The third-order valence-electron chi connectivity index (χ3n) is 4.38. The number of halogens is 2. The number of hydrogen-bond acceptors (Lipinski definition) is 4. The van der Waals surface area contributed by atoms with Crippen molar-refractivity contribution in [2.24, 2.45) is 0 Å². The summed E-state index contributed by atoms with van der Waals surface area (Å²) in [5, 5.41) is 12.3. The minimum Gasteiger partial charge on any atom is -0.478 e. The van der Waals surface area contributed by atoms with Gasteiger partial charge in [0.15, 0.2) is 0 Å². The van der Waals surface area contributed by atoms with E-state index >= 15 is 0 Å². The molecular formula is C17H18BrClN4O3. The fraction of sp³-hybridized carbons (Fsp3) is 0.353. The molecule has 0 bridgehead atoms. The standard InChI is InChI=1S/C17H18BrClN4O3/c1-9-12(18)8-13(20-9)16(24)21-11-2-4-23(5-3-11)15-7-10(17(25)26)6-14(19)22-15/h6-8,11,20H,2-5H2,1H3,(H,21,24)(H,25,26). The lowest BCUT2D eigenvalue weighted by molar-refractivity contribution is 0.0696. The third kappa shape index (κ3) is 4.19. The van der Waals surface area contributed by atoms with E-state index in [-0.39, 0.29) is 22.7 Å². The van der Waals surface area contributed by atoms with Crippen molar-refractivity contribution in [1.82, 2.24) is 15.3 Å². The highest BCUT2D eigenvalue weighted by atomic mass is 79.9. The van der Waals surface area contributed by atoms with Crippen LogP contribution in [-0.2, 0) is 0 Å². The zero-order valence-electron chi connectivity index (χ0n) is 14.1. The SMILES string of the molecule is Cc1[nH]c(C(=O)NC2CCN(c3cc(C(=O)O)cc(Cl)n3)CC2)cc1Br. The Labute approximate surface area is 163 Å². The summed E-state index contributed by atoms with van der Waals surface area (Å²) in [5.41, 5.74) is 1.55. The largest absolute Gasteiger partial charge is 0.478 e. The van der Waals surface area contributed by atoms with Crippen molar-refractivity contribution in [2.45, 2.75) is 25.8 Å². The number of H-pyrrole nitrogens is 1. The van der Waals surface area contributed by atoms with Gasteiger partial charge in [-0.15, -0.1) is 0 Å². The van der Waals surface area contributed by atoms with Gasteiger partial charge in [-0.25, -0.2) is 9.78 Å². The van der Waals surface area contributed by atoms with Crippen LogP contribution in [-0.4, -0.2) is 46.1 Å². The summed E-state index contributed by atoms with van der Waals surface area (Å²) in [6.07, 6.45) is 1.48. The summed E-state index contributed by atoms with van der Waals surface area (Å²) in [5.74, 6) is -0.625. The van der Waals surface area contributed by atoms with E-state index in [1.165, 1.54) is 12.1 Å².